The van der Waals surface area contributed by atoms with E-state index in [2.05, 4.69) is 6.07 Å². The molecule has 0 radical (unpaired) electrons. The zero-order valence-electron chi connectivity index (χ0n) is 14.8. The number of hydrogen-bond acceptors (Lipinski definition) is 4. The summed E-state index contributed by atoms with van der Waals surface area (Å²) in [7, 11) is 3.23. The Morgan fingerprint density at radius 1 is 1.12 bits per heavy atom. The minimum Gasteiger partial charge on any atom is -0.493 e. The first-order valence-corrected chi connectivity index (χ1v) is 9.30. The highest BCUT2D eigenvalue weighted by molar-refractivity contribution is 8.00. The molecule has 0 bridgehead atoms. The maximum atomic E-state index is 13.0. The fourth-order valence-electron chi connectivity index (χ4n) is 3.13. The van der Waals surface area contributed by atoms with E-state index in [4.69, 9.17) is 9.47 Å². The molecule has 2 aromatic carbocycles. The molecule has 0 aromatic heterocycles. The Morgan fingerprint density at radius 3 is 2.64 bits per heavy atom. The van der Waals surface area contributed by atoms with Crippen LogP contribution in [0.1, 0.15) is 18.9 Å². The lowest BCUT2D eigenvalue weighted by molar-refractivity contribution is -0.117. The van der Waals surface area contributed by atoms with Gasteiger partial charge in [0.1, 0.15) is 0 Å². The number of hydrogen-bond donors (Lipinski definition) is 0. The smallest absolute Gasteiger partial charge is 0.240 e. The molecule has 1 amide bonds. The number of anilines is 1. The van der Waals surface area contributed by atoms with Crippen molar-refractivity contribution in [1.82, 2.24) is 0 Å². The molecule has 0 spiro atoms. The maximum absolute atomic E-state index is 13.0. The van der Waals surface area contributed by atoms with E-state index in [-0.39, 0.29) is 11.2 Å². The molecule has 3 rings (SSSR count). The molecule has 25 heavy (non-hydrogen) atoms. The van der Waals surface area contributed by atoms with Crippen molar-refractivity contribution in [2.24, 2.45) is 0 Å². The number of rotatable bonds is 5. The second-order valence-corrected chi connectivity index (χ2v) is 7.41. The summed E-state index contributed by atoms with van der Waals surface area (Å²) in [5.41, 5.74) is 2.31. The predicted molar refractivity (Wildman–Crippen MR) is 102 cm³/mol. The van der Waals surface area contributed by atoms with E-state index in [0.29, 0.717) is 11.5 Å². The van der Waals surface area contributed by atoms with E-state index >= 15 is 0 Å². The second kappa shape index (κ2) is 7.83. The molecule has 0 unspecified atom stereocenters. The number of benzene rings is 2. The van der Waals surface area contributed by atoms with Gasteiger partial charge in [0.25, 0.3) is 0 Å². The average molecular weight is 357 g/mol. The number of methoxy groups -OCH3 is 2. The van der Waals surface area contributed by atoms with Crippen LogP contribution in [0.5, 0.6) is 11.5 Å². The van der Waals surface area contributed by atoms with Crippen LogP contribution < -0.4 is 14.4 Å². The van der Waals surface area contributed by atoms with Gasteiger partial charge < -0.3 is 14.4 Å². The molecule has 0 saturated carbocycles. The Kier molecular flexibility index (Phi) is 5.53. The van der Waals surface area contributed by atoms with Crippen LogP contribution in [-0.2, 0) is 11.2 Å². The second-order valence-electron chi connectivity index (χ2n) is 6.00. The number of nitrogens with zero attached hydrogens (tertiary/aromatic N) is 1. The van der Waals surface area contributed by atoms with Gasteiger partial charge in [0.15, 0.2) is 11.5 Å². The zero-order chi connectivity index (χ0) is 17.8. The Morgan fingerprint density at radius 2 is 1.88 bits per heavy atom. The minimum atomic E-state index is -0.177. The largest absolute Gasteiger partial charge is 0.493 e. The molecule has 0 fully saturated rings. The highest BCUT2D eigenvalue weighted by Gasteiger charge is 2.26. The molecule has 5 heteroatoms. The van der Waals surface area contributed by atoms with Crippen LogP contribution in [0.15, 0.2) is 47.4 Å². The van der Waals surface area contributed by atoms with Crippen molar-refractivity contribution >= 4 is 23.4 Å². The van der Waals surface area contributed by atoms with Crippen LogP contribution in [0.4, 0.5) is 5.69 Å². The monoisotopic (exact) mass is 357 g/mol. The third-order valence-electron chi connectivity index (χ3n) is 4.39. The van der Waals surface area contributed by atoms with Gasteiger partial charge in [0.05, 0.1) is 19.5 Å². The van der Waals surface area contributed by atoms with E-state index < -0.39 is 0 Å². The molecule has 1 heterocycles. The van der Waals surface area contributed by atoms with Crippen LogP contribution in [0, 0.1) is 0 Å². The molecular weight excluding hydrogens is 334 g/mol. The molecule has 132 valence electrons. The van der Waals surface area contributed by atoms with Gasteiger partial charge in [0, 0.05) is 17.1 Å². The van der Waals surface area contributed by atoms with Crippen molar-refractivity contribution in [3.05, 3.63) is 48.0 Å². The first kappa shape index (κ1) is 17.7. The first-order chi connectivity index (χ1) is 12.1. The lowest BCUT2D eigenvalue weighted by atomic mass is 10.0. The molecule has 1 atom stereocenters. The summed E-state index contributed by atoms with van der Waals surface area (Å²) in [4.78, 5) is 15.9. The van der Waals surface area contributed by atoms with Gasteiger partial charge in [-0.2, -0.15) is 0 Å². The Labute approximate surface area is 153 Å². The van der Waals surface area contributed by atoms with Gasteiger partial charge in [-0.1, -0.05) is 18.2 Å². The van der Waals surface area contributed by atoms with E-state index in [9.17, 15) is 4.79 Å². The summed E-state index contributed by atoms with van der Waals surface area (Å²) in [5.74, 6) is 1.51. The standard InChI is InChI=1S/C20H23NO3S/c1-14(25-16-10-11-18(23-2)19(13-16)24-3)20(22)21-12-6-8-15-7-4-5-9-17(15)21/h4-5,7,9-11,13-14H,6,8,12H2,1-3H3/t14-/m0/s1. The van der Waals surface area contributed by atoms with E-state index in [0.717, 1.165) is 30.0 Å². The minimum absolute atomic E-state index is 0.145. The van der Waals surface area contributed by atoms with Crippen LogP contribution in [0.25, 0.3) is 0 Å². The van der Waals surface area contributed by atoms with Gasteiger partial charge in [0.2, 0.25) is 5.91 Å². The number of para-hydroxylation sites is 1. The number of thioether (sulfide) groups is 1. The summed E-state index contributed by atoms with van der Waals surface area (Å²) in [6.07, 6.45) is 2.05. The molecule has 1 aliphatic rings. The van der Waals surface area contributed by atoms with Crippen molar-refractivity contribution in [2.45, 2.75) is 29.9 Å². The fourth-order valence-corrected chi connectivity index (χ4v) is 4.08. The maximum Gasteiger partial charge on any atom is 0.240 e. The van der Waals surface area contributed by atoms with Gasteiger partial charge >= 0.3 is 0 Å². The van der Waals surface area contributed by atoms with Crippen molar-refractivity contribution in [2.75, 3.05) is 25.7 Å². The van der Waals surface area contributed by atoms with Crippen LogP contribution in [0.2, 0.25) is 0 Å². The number of amides is 1. The van der Waals surface area contributed by atoms with E-state index in [1.807, 2.05) is 48.2 Å². The normalized spacial score (nSPS) is 14.6. The number of ether oxygens (including phenoxy) is 2. The Hall–Kier alpha value is -2.14. The predicted octanol–water partition coefficient (Wildman–Crippen LogP) is 4.16. The summed E-state index contributed by atoms with van der Waals surface area (Å²) in [6.45, 7) is 2.74. The molecule has 4 nitrogen and oxygen atoms in total. The number of aryl methyl sites for hydroxylation is 1. The SMILES string of the molecule is COc1ccc(S[C@@H](C)C(=O)N2CCCc3ccccc32)cc1OC. The molecule has 0 aliphatic carbocycles. The molecule has 1 aliphatic heterocycles. The van der Waals surface area contributed by atoms with Gasteiger partial charge in [-0.05, 0) is 49.6 Å². The van der Waals surface area contributed by atoms with Crippen LogP contribution in [0.3, 0.4) is 0 Å². The van der Waals surface area contributed by atoms with Crippen LogP contribution in [-0.4, -0.2) is 31.9 Å². The highest BCUT2D eigenvalue weighted by atomic mass is 32.2. The third-order valence-corrected chi connectivity index (χ3v) is 5.47. The first-order valence-electron chi connectivity index (χ1n) is 8.42. The van der Waals surface area contributed by atoms with Gasteiger partial charge in [-0.3, -0.25) is 4.79 Å². The molecule has 0 N–H and O–H groups in total. The lowest BCUT2D eigenvalue weighted by Gasteiger charge is -2.31. The molecule has 0 saturated heterocycles. The summed E-state index contributed by atoms with van der Waals surface area (Å²) < 4.78 is 10.6. The van der Waals surface area contributed by atoms with Gasteiger partial charge in [-0.15, -0.1) is 11.8 Å². The topological polar surface area (TPSA) is 38.8 Å². The molecule has 2 aromatic rings. The number of carbonyl (C=O) groups excluding carboxylic acids is 1. The van der Waals surface area contributed by atoms with Crippen molar-refractivity contribution in [3.8, 4) is 11.5 Å². The van der Waals surface area contributed by atoms with Crippen molar-refractivity contribution < 1.29 is 14.3 Å². The van der Waals surface area contributed by atoms with E-state index in [1.165, 1.54) is 5.56 Å². The number of carbonyl (C=O) groups is 1. The van der Waals surface area contributed by atoms with Gasteiger partial charge in [-0.25, -0.2) is 0 Å². The zero-order valence-corrected chi connectivity index (χ0v) is 15.6. The average Bonchev–Trinajstić information content (AvgIpc) is 2.66. The summed E-state index contributed by atoms with van der Waals surface area (Å²) in [5, 5.41) is -0.177. The van der Waals surface area contributed by atoms with Crippen molar-refractivity contribution in [1.29, 1.82) is 0 Å². The Balaban J connectivity index is 1.76. The lowest BCUT2D eigenvalue weighted by Crippen LogP contribution is -2.40. The number of fused-ring (bicyclic) bond motifs is 1. The van der Waals surface area contributed by atoms with Crippen molar-refractivity contribution in [3.63, 3.8) is 0 Å². The van der Waals surface area contributed by atoms with Crippen LogP contribution >= 0.6 is 11.8 Å². The Bertz CT molecular complexity index is 762. The highest BCUT2D eigenvalue weighted by Crippen LogP contribution is 2.35. The summed E-state index contributed by atoms with van der Waals surface area (Å²) >= 11 is 1.54. The summed E-state index contributed by atoms with van der Waals surface area (Å²) in [6, 6.07) is 13.9. The quantitative estimate of drug-likeness (QED) is 0.753. The molecular formula is C20H23NO3S. The fraction of sp³-hybridized carbons (Fsp3) is 0.350. The third kappa shape index (κ3) is 3.76. The van der Waals surface area contributed by atoms with E-state index in [1.54, 1.807) is 26.0 Å².